The monoisotopic (exact) mass is 291 g/mol. The molecule has 0 atom stereocenters. The van der Waals surface area contributed by atoms with E-state index < -0.39 is 11.9 Å². The van der Waals surface area contributed by atoms with Crippen LogP contribution in [0, 0.1) is 0 Å². The van der Waals surface area contributed by atoms with E-state index in [1.54, 1.807) is 0 Å². The predicted octanol–water partition coefficient (Wildman–Crippen LogP) is 2.17. The zero-order valence-corrected chi connectivity index (χ0v) is 11.2. The zero-order valence-electron chi connectivity index (χ0n) is 10.5. The molecule has 2 rings (SSSR count). The Hall–Kier alpha value is -2.47. The highest BCUT2D eigenvalue weighted by Gasteiger charge is 2.12. The first kappa shape index (κ1) is 14.0. The van der Waals surface area contributed by atoms with Gasteiger partial charge in [-0.15, -0.1) is 0 Å². The van der Waals surface area contributed by atoms with Crippen molar-refractivity contribution in [3.05, 3.63) is 52.9 Å². The van der Waals surface area contributed by atoms with Gasteiger partial charge in [0.1, 0.15) is 5.82 Å². The second-order valence-corrected chi connectivity index (χ2v) is 4.14. The molecule has 0 saturated heterocycles. The van der Waals surface area contributed by atoms with E-state index in [9.17, 15) is 9.59 Å². The molecule has 1 amide bonds. The fourth-order valence-electron chi connectivity index (χ4n) is 1.49. The summed E-state index contributed by atoms with van der Waals surface area (Å²) in [7, 11) is 1.28. The average molecular weight is 292 g/mol. The van der Waals surface area contributed by atoms with Gasteiger partial charge in [0.15, 0.2) is 0 Å². The number of nitrogens with one attached hydrogen (secondary N) is 1. The van der Waals surface area contributed by atoms with Crippen LogP contribution in [0.15, 0.2) is 36.8 Å². The second-order valence-electron chi connectivity index (χ2n) is 3.73. The highest BCUT2D eigenvalue weighted by molar-refractivity contribution is 6.34. The molecule has 2 heterocycles. The van der Waals surface area contributed by atoms with E-state index in [0.29, 0.717) is 5.56 Å². The molecule has 102 valence electrons. The molecule has 0 radical (unpaired) electrons. The van der Waals surface area contributed by atoms with Crippen LogP contribution in [0.2, 0.25) is 5.02 Å². The summed E-state index contributed by atoms with van der Waals surface area (Å²) < 4.78 is 4.59. The van der Waals surface area contributed by atoms with Crippen LogP contribution in [0.5, 0.6) is 0 Å². The van der Waals surface area contributed by atoms with Crippen LogP contribution >= 0.6 is 11.6 Å². The summed E-state index contributed by atoms with van der Waals surface area (Å²) in [5, 5.41) is 2.78. The number of pyridine rings is 2. The number of hydrogen-bond acceptors (Lipinski definition) is 5. The Morgan fingerprint density at radius 3 is 2.80 bits per heavy atom. The van der Waals surface area contributed by atoms with Crippen molar-refractivity contribution in [2.75, 3.05) is 12.4 Å². The summed E-state index contributed by atoms with van der Waals surface area (Å²) in [6.07, 6.45) is 4.23. The van der Waals surface area contributed by atoms with Crippen LogP contribution in [0.3, 0.4) is 0 Å². The van der Waals surface area contributed by atoms with E-state index in [0.717, 1.165) is 0 Å². The minimum absolute atomic E-state index is 0.228. The standard InChI is InChI=1S/C13H10ClN3O3/c1-20-13(19)8-2-5-16-11(6-8)17-12(18)9-3-4-15-7-10(9)14/h2-7H,1H3,(H,16,17,18). The van der Waals surface area contributed by atoms with E-state index in [2.05, 4.69) is 20.0 Å². The number of rotatable bonds is 3. The van der Waals surface area contributed by atoms with Gasteiger partial charge in [0, 0.05) is 18.6 Å². The Morgan fingerprint density at radius 1 is 1.30 bits per heavy atom. The molecule has 1 N–H and O–H groups in total. The van der Waals surface area contributed by atoms with Gasteiger partial charge in [-0.25, -0.2) is 9.78 Å². The van der Waals surface area contributed by atoms with Gasteiger partial charge in [0.2, 0.25) is 0 Å². The number of carbonyl (C=O) groups excluding carboxylic acids is 2. The summed E-state index contributed by atoms with van der Waals surface area (Å²) in [5.41, 5.74) is 0.561. The van der Waals surface area contributed by atoms with Crippen LogP contribution in [-0.2, 0) is 4.74 Å². The summed E-state index contributed by atoms with van der Waals surface area (Å²) in [5.74, 6) is -0.720. The molecule has 0 aromatic carbocycles. The van der Waals surface area contributed by atoms with Crippen molar-refractivity contribution in [2.24, 2.45) is 0 Å². The third kappa shape index (κ3) is 3.10. The number of aromatic nitrogens is 2. The van der Waals surface area contributed by atoms with E-state index >= 15 is 0 Å². The molecule has 0 bridgehead atoms. The molecule has 0 aliphatic rings. The third-order valence-corrected chi connectivity index (χ3v) is 2.74. The number of anilines is 1. The average Bonchev–Trinajstić information content (AvgIpc) is 2.47. The Labute approximate surface area is 119 Å². The van der Waals surface area contributed by atoms with E-state index in [-0.39, 0.29) is 16.4 Å². The van der Waals surface area contributed by atoms with Crippen LogP contribution in [0.1, 0.15) is 20.7 Å². The molecular weight excluding hydrogens is 282 g/mol. The number of halogens is 1. The van der Waals surface area contributed by atoms with Crippen molar-refractivity contribution >= 4 is 29.3 Å². The number of amides is 1. The van der Waals surface area contributed by atoms with Crippen molar-refractivity contribution in [3.8, 4) is 0 Å². The van der Waals surface area contributed by atoms with Gasteiger partial charge < -0.3 is 10.1 Å². The number of hydrogen-bond donors (Lipinski definition) is 1. The first-order valence-electron chi connectivity index (χ1n) is 5.57. The molecular formula is C13H10ClN3O3. The van der Waals surface area contributed by atoms with Crippen LogP contribution in [-0.4, -0.2) is 29.0 Å². The first-order valence-corrected chi connectivity index (χ1v) is 5.95. The van der Waals surface area contributed by atoms with Gasteiger partial charge >= 0.3 is 5.97 Å². The molecule has 0 unspecified atom stereocenters. The van der Waals surface area contributed by atoms with Crippen LogP contribution in [0.25, 0.3) is 0 Å². The maximum absolute atomic E-state index is 12.0. The molecule has 0 spiro atoms. The molecule has 0 aliphatic heterocycles. The normalized spacial score (nSPS) is 9.90. The van der Waals surface area contributed by atoms with Gasteiger partial charge in [0.05, 0.1) is 23.3 Å². The first-order chi connectivity index (χ1) is 9.61. The van der Waals surface area contributed by atoms with Crippen molar-refractivity contribution < 1.29 is 14.3 Å². The predicted molar refractivity (Wildman–Crippen MR) is 72.8 cm³/mol. The fourth-order valence-corrected chi connectivity index (χ4v) is 1.69. The number of carbonyl (C=O) groups is 2. The molecule has 7 heteroatoms. The topological polar surface area (TPSA) is 81.2 Å². The van der Waals surface area contributed by atoms with Gasteiger partial charge in [-0.05, 0) is 18.2 Å². The number of esters is 1. The minimum Gasteiger partial charge on any atom is -0.465 e. The summed E-state index contributed by atoms with van der Waals surface area (Å²) in [6.45, 7) is 0. The van der Waals surface area contributed by atoms with E-state index in [4.69, 9.17) is 11.6 Å². The summed E-state index contributed by atoms with van der Waals surface area (Å²) in [4.78, 5) is 31.1. The molecule has 0 fully saturated rings. The zero-order chi connectivity index (χ0) is 14.5. The maximum atomic E-state index is 12.0. The van der Waals surface area contributed by atoms with Gasteiger partial charge in [-0.2, -0.15) is 0 Å². The van der Waals surface area contributed by atoms with Crippen molar-refractivity contribution in [1.29, 1.82) is 0 Å². The third-order valence-electron chi connectivity index (χ3n) is 2.44. The van der Waals surface area contributed by atoms with Crippen molar-refractivity contribution in [3.63, 3.8) is 0 Å². The minimum atomic E-state index is -0.509. The highest BCUT2D eigenvalue weighted by atomic mass is 35.5. The van der Waals surface area contributed by atoms with Crippen molar-refractivity contribution in [2.45, 2.75) is 0 Å². The fraction of sp³-hybridized carbons (Fsp3) is 0.0769. The van der Waals surface area contributed by atoms with Gasteiger partial charge in [-0.3, -0.25) is 9.78 Å². The molecule has 0 saturated carbocycles. The largest absolute Gasteiger partial charge is 0.465 e. The lowest BCUT2D eigenvalue weighted by Gasteiger charge is -2.06. The molecule has 2 aromatic rings. The van der Waals surface area contributed by atoms with Crippen LogP contribution in [0.4, 0.5) is 5.82 Å². The smallest absolute Gasteiger partial charge is 0.338 e. The molecule has 2 aromatic heterocycles. The SMILES string of the molecule is COC(=O)c1ccnc(NC(=O)c2ccncc2Cl)c1. The highest BCUT2D eigenvalue weighted by Crippen LogP contribution is 2.15. The Morgan fingerprint density at radius 2 is 2.10 bits per heavy atom. The van der Waals surface area contributed by atoms with Gasteiger partial charge in [-0.1, -0.05) is 11.6 Å². The summed E-state index contributed by atoms with van der Waals surface area (Å²) in [6, 6.07) is 4.39. The number of nitrogens with zero attached hydrogens (tertiary/aromatic N) is 2. The summed E-state index contributed by atoms with van der Waals surface area (Å²) >= 11 is 5.87. The second kappa shape index (κ2) is 6.12. The molecule has 20 heavy (non-hydrogen) atoms. The van der Waals surface area contributed by atoms with Crippen LogP contribution < -0.4 is 5.32 Å². The number of ether oxygens (including phenoxy) is 1. The lowest BCUT2D eigenvalue weighted by Crippen LogP contribution is -2.14. The quantitative estimate of drug-likeness (QED) is 0.877. The molecule has 0 aliphatic carbocycles. The lowest BCUT2D eigenvalue weighted by atomic mass is 10.2. The molecule has 6 nitrogen and oxygen atoms in total. The number of methoxy groups -OCH3 is 1. The Bertz CT molecular complexity index is 661. The van der Waals surface area contributed by atoms with Gasteiger partial charge in [0.25, 0.3) is 5.91 Å². The lowest BCUT2D eigenvalue weighted by molar-refractivity contribution is 0.0600. The Kier molecular flexibility index (Phi) is 4.27. The van der Waals surface area contributed by atoms with E-state index in [1.807, 2.05) is 0 Å². The maximum Gasteiger partial charge on any atom is 0.338 e. The Balaban J connectivity index is 2.20. The van der Waals surface area contributed by atoms with Crippen molar-refractivity contribution in [1.82, 2.24) is 9.97 Å². The van der Waals surface area contributed by atoms with E-state index in [1.165, 1.54) is 43.9 Å².